The second-order valence-electron chi connectivity index (χ2n) is 10.2. The average Bonchev–Trinajstić information content (AvgIpc) is 3.56. The maximum Gasteiger partial charge on any atom is 0.272 e. The van der Waals surface area contributed by atoms with E-state index in [1.54, 1.807) is 62.6 Å². The number of ether oxygens (including phenoxy) is 1. The van der Waals surface area contributed by atoms with Crippen LogP contribution in [0.1, 0.15) is 22.8 Å². The van der Waals surface area contributed by atoms with Crippen LogP contribution in [0.2, 0.25) is 0 Å². The number of carbonyl (C=O) groups is 3. The number of anilines is 2. The summed E-state index contributed by atoms with van der Waals surface area (Å²) in [6, 6.07) is 28.5. The van der Waals surface area contributed by atoms with Crippen molar-refractivity contribution < 1.29 is 24.0 Å². The summed E-state index contributed by atoms with van der Waals surface area (Å²) in [4.78, 5) is 55.3. The van der Waals surface area contributed by atoms with Gasteiger partial charge in [0.15, 0.2) is 5.13 Å². The number of amides is 3. The zero-order valence-corrected chi connectivity index (χ0v) is 27.3. The first-order chi connectivity index (χ1) is 23.2. The monoisotopic (exact) mass is 679 g/mol. The summed E-state index contributed by atoms with van der Waals surface area (Å²) in [6.07, 6.45) is 1.43. The molecule has 5 rings (SSSR count). The standard InChI is InChI=1S/C35H29N5O6S2/c1-22(32(41)39-35-38-30(21-47-35)28-13-6-7-14-31(28)46-2)48-27-12-8-11-25(20-27)36-34(43)29(37-33(42)24-9-4-3-5-10-24)19-23-15-17-26(18-16-23)40(44)45/h3-22H,1-2H3,(H,36,43)(H,37,42)(H,38,39,41)/b29-19+. The van der Waals surface area contributed by atoms with Crippen molar-refractivity contribution in [3.8, 4) is 17.0 Å². The Kier molecular flexibility index (Phi) is 11.0. The lowest BCUT2D eigenvalue weighted by atomic mass is 10.1. The highest BCUT2D eigenvalue weighted by atomic mass is 32.2. The Bertz CT molecular complexity index is 1980. The van der Waals surface area contributed by atoms with Gasteiger partial charge in [-0.3, -0.25) is 24.5 Å². The van der Waals surface area contributed by atoms with Crippen molar-refractivity contribution in [3.05, 3.63) is 135 Å². The van der Waals surface area contributed by atoms with Gasteiger partial charge in [-0.15, -0.1) is 23.1 Å². The van der Waals surface area contributed by atoms with Crippen molar-refractivity contribution in [2.24, 2.45) is 0 Å². The zero-order valence-electron chi connectivity index (χ0n) is 25.7. The third-order valence-corrected chi connectivity index (χ3v) is 8.69. The molecule has 1 heterocycles. The van der Waals surface area contributed by atoms with Crippen molar-refractivity contribution in [2.75, 3.05) is 17.7 Å². The Balaban J connectivity index is 1.27. The number of carbonyl (C=O) groups excluding carboxylic acids is 3. The third-order valence-electron chi connectivity index (χ3n) is 6.83. The Hall–Kier alpha value is -5.79. The van der Waals surface area contributed by atoms with E-state index in [-0.39, 0.29) is 17.3 Å². The van der Waals surface area contributed by atoms with Gasteiger partial charge in [0.2, 0.25) is 5.91 Å². The number of thioether (sulfide) groups is 1. The van der Waals surface area contributed by atoms with Crippen LogP contribution in [0.25, 0.3) is 17.3 Å². The van der Waals surface area contributed by atoms with E-state index in [1.165, 1.54) is 53.4 Å². The van der Waals surface area contributed by atoms with E-state index in [0.29, 0.717) is 33.4 Å². The predicted octanol–water partition coefficient (Wildman–Crippen LogP) is 7.26. The van der Waals surface area contributed by atoms with E-state index in [1.807, 2.05) is 35.7 Å². The van der Waals surface area contributed by atoms with Crippen LogP contribution in [-0.4, -0.2) is 40.0 Å². The molecular formula is C35H29N5O6S2. The summed E-state index contributed by atoms with van der Waals surface area (Å²) < 4.78 is 5.42. The van der Waals surface area contributed by atoms with Gasteiger partial charge >= 0.3 is 0 Å². The lowest BCUT2D eigenvalue weighted by molar-refractivity contribution is -0.384. The van der Waals surface area contributed by atoms with E-state index in [0.717, 1.165) is 10.5 Å². The summed E-state index contributed by atoms with van der Waals surface area (Å²) in [5, 5.41) is 21.2. The molecule has 11 nitrogen and oxygen atoms in total. The molecule has 3 amide bonds. The van der Waals surface area contributed by atoms with E-state index in [4.69, 9.17) is 4.74 Å². The molecule has 242 valence electrons. The van der Waals surface area contributed by atoms with Gasteiger partial charge in [-0.25, -0.2) is 4.98 Å². The first-order valence-corrected chi connectivity index (χ1v) is 16.3. The predicted molar refractivity (Wildman–Crippen MR) is 188 cm³/mol. The molecule has 4 aromatic carbocycles. The topological polar surface area (TPSA) is 153 Å². The fourth-order valence-electron chi connectivity index (χ4n) is 4.42. The molecule has 0 radical (unpaired) electrons. The maximum absolute atomic E-state index is 13.5. The highest BCUT2D eigenvalue weighted by molar-refractivity contribution is 8.00. The highest BCUT2D eigenvalue weighted by Crippen LogP contribution is 2.33. The molecule has 0 aliphatic rings. The van der Waals surface area contributed by atoms with Crippen LogP contribution in [0, 0.1) is 10.1 Å². The molecule has 48 heavy (non-hydrogen) atoms. The molecule has 1 atom stereocenters. The van der Waals surface area contributed by atoms with Gasteiger partial charge in [0.05, 0.1) is 23.0 Å². The van der Waals surface area contributed by atoms with E-state index in [9.17, 15) is 24.5 Å². The summed E-state index contributed by atoms with van der Waals surface area (Å²) in [5.41, 5.74) is 2.59. The lowest BCUT2D eigenvalue weighted by Crippen LogP contribution is -2.30. The highest BCUT2D eigenvalue weighted by Gasteiger charge is 2.19. The number of hydrogen-bond donors (Lipinski definition) is 3. The van der Waals surface area contributed by atoms with Crippen molar-refractivity contribution in [2.45, 2.75) is 17.1 Å². The summed E-state index contributed by atoms with van der Waals surface area (Å²) >= 11 is 2.61. The van der Waals surface area contributed by atoms with Gasteiger partial charge in [0.1, 0.15) is 11.4 Å². The molecule has 13 heteroatoms. The van der Waals surface area contributed by atoms with Crippen LogP contribution < -0.4 is 20.7 Å². The van der Waals surface area contributed by atoms with Gasteiger partial charge in [0.25, 0.3) is 17.5 Å². The zero-order chi connectivity index (χ0) is 34.0. The number of rotatable bonds is 12. The van der Waals surface area contributed by atoms with Crippen molar-refractivity contribution in [1.29, 1.82) is 0 Å². The first kappa shape index (κ1) is 33.6. The molecule has 0 aliphatic carbocycles. The fraction of sp³-hybridized carbons (Fsp3) is 0.0857. The van der Waals surface area contributed by atoms with E-state index < -0.39 is 22.0 Å². The Morgan fingerprint density at radius 3 is 2.40 bits per heavy atom. The van der Waals surface area contributed by atoms with E-state index in [2.05, 4.69) is 20.9 Å². The number of nitro benzene ring substituents is 1. The maximum atomic E-state index is 13.5. The SMILES string of the molecule is COc1ccccc1-c1csc(NC(=O)C(C)Sc2cccc(NC(=O)/C(=C\c3ccc([N+](=O)[O-])cc3)NC(=O)c3ccccc3)c2)n1. The lowest BCUT2D eigenvalue weighted by Gasteiger charge is -2.13. The largest absolute Gasteiger partial charge is 0.496 e. The van der Waals surface area contributed by atoms with Gasteiger partial charge in [0, 0.05) is 39.2 Å². The molecule has 0 fully saturated rings. The summed E-state index contributed by atoms with van der Waals surface area (Å²) in [7, 11) is 1.59. The minimum Gasteiger partial charge on any atom is -0.496 e. The molecule has 1 unspecified atom stereocenters. The molecule has 0 saturated heterocycles. The normalized spacial score (nSPS) is 11.7. The Morgan fingerprint density at radius 2 is 1.67 bits per heavy atom. The van der Waals surface area contributed by atoms with Gasteiger partial charge in [-0.05, 0) is 73.2 Å². The van der Waals surface area contributed by atoms with Crippen LogP contribution in [-0.2, 0) is 9.59 Å². The van der Waals surface area contributed by atoms with Crippen molar-refractivity contribution in [1.82, 2.24) is 10.3 Å². The number of methoxy groups -OCH3 is 1. The second kappa shape index (κ2) is 15.7. The molecule has 0 aliphatic heterocycles. The minimum atomic E-state index is -0.611. The number of para-hydroxylation sites is 1. The third kappa shape index (κ3) is 8.72. The Labute approximate surface area is 284 Å². The number of thiazole rings is 1. The molecule has 5 aromatic rings. The smallest absolute Gasteiger partial charge is 0.272 e. The molecule has 0 saturated carbocycles. The number of non-ortho nitro benzene ring substituents is 1. The van der Waals surface area contributed by atoms with Crippen LogP contribution >= 0.6 is 23.1 Å². The number of nitrogens with one attached hydrogen (secondary N) is 3. The average molecular weight is 680 g/mol. The van der Waals surface area contributed by atoms with Crippen LogP contribution in [0.15, 0.2) is 119 Å². The number of nitro groups is 1. The summed E-state index contributed by atoms with van der Waals surface area (Å²) in [5.74, 6) is -0.671. The van der Waals surface area contributed by atoms with Crippen LogP contribution in [0.3, 0.4) is 0 Å². The molecule has 1 aromatic heterocycles. The Morgan fingerprint density at radius 1 is 0.938 bits per heavy atom. The molecule has 0 spiro atoms. The van der Waals surface area contributed by atoms with E-state index >= 15 is 0 Å². The second-order valence-corrected chi connectivity index (χ2v) is 12.5. The van der Waals surface area contributed by atoms with Gasteiger partial charge in [-0.2, -0.15) is 0 Å². The van der Waals surface area contributed by atoms with Crippen molar-refractivity contribution >= 4 is 63.4 Å². The molecular weight excluding hydrogens is 651 g/mol. The number of nitrogens with zero attached hydrogens (tertiary/aromatic N) is 2. The van der Waals surface area contributed by atoms with Crippen molar-refractivity contribution in [3.63, 3.8) is 0 Å². The van der Waals surface area contributed by atoms with Crippen LogP contribution in [0.4, 0.5) is 16.5 Å². The van der Waals surface area contributed by atoms with Gasteiger partial charge in [-0.1, -0.05) is 36.4 Å². The number of hydrogen-bond acceptors (Lipinski definition) is 9. The minimum absolute atomic E-state index is 0.0700. The molecule has 3 N–H and O–H groups in total. The fourth-order valence-corrected chi connectivity index (χ4v) is 6.06. The number of benzene rings is 4. The first-order valence-electron chi connectivity index (χ1n) is 14.5. The number of aromatic nitrogens is 1. The molecule has 0 bridgehead atoms. The van der Waals surface area contributed by atoms with Gasteiger partial charge < -0.3 is 20.7 Å². The van der Waals surface area contributed by atoms with Crippen LogP contribution in [0.5, 0.6) is 5.75 Å². The summed E-state index contributed by atoms with van der Waals surface area (Å²) in [6.45, 7) is 1.77. The quantitative estimate of drug-likeness (QED) is 0.0539.